The van der Waals surface area contributed by atoms with E-state index >= 15 is 0 Å². The number of nitrogens with one attached hydrogen (secondary N) is 2. The predicted octanol–water partition coefficient (Wildman–Crippen LogP) is 3.97. The first-order chi connectivity index (χ1) is 14.9. The molecule has 0 aliphatic carbocycles. The molecule has 0 radical (unpaired) electrons. The summed E-state index contributed by atoms with van der Waals surface area (Å²) >= 11 is 2.77. The summed E-state index contributed by atoms with van der Waals surface area (Å²) in [5, 5.41) is 17.0. The Labute approximate surface area is 189 Å². The van der Waals surface area contributed by atoms with Crippen LogP contribution in [0.3, 0.4) is 0 Å². The molecule has 0 unspecified atom stereocenters. The van der Waals surface area contributed by atoms with Gasteiger partial charge >= 0.3 is 0 Å². The first-order valence-corrected chi connectivity index (χ1v) is 11.8. The van der Waals surface area contributed by atoms with Crippen molar-refractivity contribution in [2.75, 3.05) is 10.6 Å². The van der Waals surface area contributed by atoms with Crippen LogP contribution in [-0.4, -0.2) is 36.8 Å². The number of carbonyl (C=O) groups excluding carboxylic acids is 2. The summed E-state index contributed by atoms with van der Waals surface area (Å²) in [4.78, 5) is 29.1. The van der Waals surface area contributed by atoms with E-state index in [1.165, 1.54) is 23.1 Å². The Hall–Kier alpha value is -2.72. The Kier molecular flexibility index (Phi) is 7.80. The minimum atomic E-state index is -0.315. The first-order valence-electron chi connectivity index (χ1n) is 10.00. The van der Waals surface area contributed by atoms with Crippen molar-refractivity contribution in [3.05, 3.63) is 46.7 Å². The minimum Gasteiger partial charge on any atom is -0.326 e. The lowest BCUT2D eigenvalue weighted by Gasteiger charge is -2.13. The summed E-state index contributed by atoms with van der Waals surface area (Å²) < 4.78 is 1.84. The normalized spacial score (nSPS) is 11.9. The number of hydrogen-bond donors (Lipinski definition) is 2. The van der Waals surface area contributed by atoms with E-state index in [2.05, 4.69) is 25.8 Å². The van der Waals surface area contributed by atoms with Crippen LogP contribution < -0.4 is 10.6 Å². The molecule has 0 spiro atoms. The van der Waals surface area contributed by atoms with Gasteiger partial charge in [-0.05, 0) is 32.4 Å². The Bertz CT molecular complexity index is 1040. The van der Waals surface area contributed by atoms with Gasteiger partial charge in [0.1, 0.15) is 5.82 Å². The van der Waals surface area contributed by atoms with Crippen LogP contribution in [0, 0.1) is 13.8 Å². The van der Waals surface area contributed by atoms with Gasteiger partial charge in [-0.15, -0.1) is 21.5 Å². The molecule has 3 rings (SSSR count). The van der Waals surface area contributed by atoms with Crippen LogP contribution in [0.2, 0.25) is 0 Å². The van der Waals surface area contributed by atoms with Gasteiger partial charge in [-0.3, -0.25) is 9.59 Å². The number of thioether (sulfide) groups is 1. The molecule has 2 heterocycles. The van der Waals surface area contributed by atoms with Crippen molar-refractivity contribution in [1.82, 2.24) is 19.7 Å². The average Bonchev–Trinajstić information content (AvgIpc) is 3.31. The highest BCUT2D eigenvalue weighted by atomic mass is 32.2. The number of aromatic nitrogens is 4. The highest BCUT2D eigenvalue weighted by Crippen LogP contribution is 2.26. The lowest BCUT2D eigenvalue weighted by molar-refractivity contribution is -0.116. The molecule has 0 saturated carbocycles. The summed E-state index contributed by atoms with van der Waals surface area (Å²) in [6.07, 6.45) is 1.40. The molecule has 31 heavy (non-hydrogen) atoms. The van der Waals surface area contributed by atoms with Gasteiger partial charge in [0.2, 0.25) is 11.8 Å². The molecule has 8 nitrogen and oxygen atoms in total. The minimum absolute atomic E-state index is 0.0781. The third-order valence-electron chi connectivity index (χ3n) is 4.60. The number of anilines is 2. The summed E-state index contributed by atoms with van der Waals surface area (Å²) in [7, 11) is 1.85. The average molecular weight is 459 g/mol. The van der Waals surface area contributed by atoms with Gasteiger partial charge in [-0.1, -0.05) is 36.4 Å². The largest absolute Gasteiger partial charge is 0.326 e. The van der Waals surface area contributed by atoms with E-state index in [0.29, 0.717) is 35.4 Å². The molecule has 164 valence electrons. The highest BCUT2D eigenvalue weighted by molar-refractivity contribution is 8.00. The molecule has 2 aromatic heterocycles. The summed E-state index contributed by atoms with van der Waals surface area (Å²) in [6, 6.07) is 7.68. The van der Waals surface area contributed by atoms with Crippen molar-refractivity contribution in [3.63, 3.8) is 0 Å². The summed E-state index contributed by atoms with van der Waals surface area (Å²) in [6.45, 7) is 5.85. The fourth-order valence-corrected chi connectivity index (χ4v) is 4.43. The lowest BCUT2D eigenvalue weighted by atomic mass is 10.2. The number of rotatable bonds is 9. The summed E-state index contributed by atoms with van der Waals surface area (Å²) in [5.41, 5.74) is 2.80. The molecule has 1 aromatic carbocycles. The third kappa shape index (κ3) is 6.38. The zero-order valence-corrected chi connectivity index (χ0v) is 19.6. The van der Waals surface area contributed by atoms with Crippen LogP contribution in [0.15, 0.2) is 34.8 Å². The first kappa shape index (κ1) is 23.0. The van der Waals surface area contributed by atoms with E-state index in [-0.39, 0.29) is 17.1 Å². The van der Waals surface area contributed by atoms with Crippen LogP contribution in [0.25, 0.3) is 0 Å². The van der Waals surface area contributed by atoms with E-state index in [9.17, 15) is 9.59 Å². The molecule has 2 N–H and O–H groups in total. The molecule has 2 amide bonds. The van der Waals surface area contributed by atoms with Crippen LogP contribution in [0.4, 0.5) is 10.8 Å². The number of benzene rings is 1. The quantitative estimate of drug-likeness (QED) is 0.471. The maximum Gasteiger partial charge on any atom is 0.239 e. The molecule has 1 atom stereocenters. The Balaban J connectivity index is 1.55. The van der Waals surface area contributed by atoms with Crippen LogP contribution >= 0.6 is 23.1 Å². The van der Waals surface area contributed by atoms with E-state index in [1.807, 2.05) is 62.0 Å². The standard InChI is InChI=1S/C21H26N6O2S2/c1-5-16(19(29)24-20-22-14(3)12-30-20)31-21-26-25-17(27(21)4)10-11-18(28)23-15-8-6-13(2)7-9-15/h6-9,12,16H,5,10-11H2,1-4H3,(H,23,28)(H,22,24,29)/t16-/m1/s1. The fourth-order valence-electron chi connectivity index (χ4n) is 2.80. The van der Waals surface area contributed by atoms with Gasteiger partial charge in [-0.25, -0.2) is 4.98 Å². The Morgan fingerprint density at radius 3 is 2.55 bits per heavy atom. The molecule has 0 bridgehead atoms. The highest BCUT2D eigenvalue weighted by Gasteiger charge is 2.22. The van der Waals surface area contributed by atoms with Crippen molar-refractivity contribution in [2.45, 2.75) is 50.4 Å². The Morgan fingerprint density at radius 2 is 1.90 bits per heavy atom. The Morgan fingerprint density at radius 1 is 1.16 bits per heavy atom. The van der Waals surface area contributed by atoms with Gasteiger partial charge in [0.15, 0.2) is 10.3 Å². The maximum atomic E-state index is 12.6. The number of aryl methyl sites for hydroxylation is 3. The molecular formula is C21H26N6O2S2. The second kappa shape index (κ2) is 10.5. The fraction of sp³-hybridized carbons (Fsp3) is 0.381. The van der Waals surface area contributed by atoms with Gasteiger partial charge < -0.3 is 15.2 Å². The number of thiazole rings is 1. The summed E-state index contributed by atoms with van der Waals surface area (Å²) in [5.74, 6) is 0.516. The molecular weight excluding hydrogens is 432 g/mol. The smallest absolute Gasteiger partial charge is 0.239 e. The van der Waals surface area contributed by atoms with Crippen molar-refractivity contribution in [2.24, 2.45) is 7.05 Å². The zero-order chi connectivity index (χ0) is 22.4. The second-order valence-corrected chi connectivity index (χ2v) is 9.20. The van der Waals surface area contributed by atoms with Gasteiger partial charge in [-0.2, -0.15) is 0 Å². The monoisotopic (exact) mass is 458 g/mol. The van der Waals surface area contributed by atoms with Gasteiger partial charge in [0, 0.05) is 31.0 Å². The van der Waals surface area contributed by atoms with E-state index in [4.69, 9.17) is 0 Å². The van der Waals surface area contributed by atoms with Crippen LogP contribution in [0.1, 0.15) is 36.8 Å². The third-order valence-corrected chi connectivity index (χ3v) is 6.87. The van der Waals surface area contributed by atoms with E-state index in [1.54, 1.807) is 0 Å². The number of amides is 2. The lowest BCUT2D eigenvalue weighted by Crippen LogP contribution is -2.25. The molecule has 3 aromatic rings. The van der Waals surface area contributed by atoms with E-state index in [0.717, 1.165) is 16.9 Å². The predicted molar refractivity (Wildman–Crippen MR) is 125 cm³/mol. The molecule has 0 aliphatic rings. The molecule has 0 aliphatic heterocycles. The van der Waals surface area contributed by atoms with Crippen molar-refractivity contribution in [1.29, 1.82) is 0 Å². The SMILES string of the molecule is CC[C@@H](Sc1nnc(CCC(=O)Nc2ccc(C)cc2)n1C)C(=O)Nc1nc(C)cs1. The van der Waals surface area contributed by atoms with Crippen molar-refractivity contribution in [3.8, 4) is 0 Å². The number of hydrogen-bond acceptors (Lipinski definition) is 7. The van der Waals surface area contributed by atoms with Crippen LogP contribution in [-0.2, 0) is 23.1 Å². The topological polar surface area (TPSA) is 102 Å². The van der Waals surface area contributed by atoms with Crippen LogP contribution in [0.5, 0.6) is 0 Å². The molecule has 0 fully saturated rings. The van der Waals surface area contributed by atoms with E-state index < -0.39 is 0 Å². The maximum absolute atomic E-state index is 12.6. The molecule has 10 heteroatoms. The van der Waals surface area contributed by atoms with Gasteiger partial charge in [0.05, 0.1) is 10.9 Å². The van der Waals surface area contributed by atoms with Crippen molar-refractivity contribution >= 4 is 45.7 Å². The van der Waals surface area contributed by atoms with Gasteiger partial charge in [0.25, 0.3) is 0 Å². The second-order valence-electron chi connectivity index (χ2n) is 7.17. The number of carbonyl (C=O) groups is 2. The zero-order valence-electron chi connectivity index (χ0n) is 18.0. The molecule has 0 saturated heterocycles. The van der Waals surface area contributed by atoms with Crippen molar-refractivity contribution < 1.29 is 9.59 Å². The number of nitrogens with zero attached hydrogens (tertiary/aromatic N) is 4.